The second-order valence-corrected chi connectivity index (χ2v) is 6.63. The zero-order chi connectivity index (χ0) is 18.8. The van der Waals surface area contributed by atoms with Gasteiger partial charge in [-0.15, -0.1) is 0 Å². The van der Waals surface area contributed by atoms with E-state index in [0.717, 1.165) is 70.2 Å². The number of piperidine rings is 1. The van der Waals surface area contributed by atoms with Crippen molar-refractivity contribution in [3.8, 4) is 0 Å². The van der Waals surface area contributed by atoms with Crippen LogP contribution in [0.2, 0.25) is 0 Å². The zero-order valence-electron chi connectivity index (χ0n) is 16.4. The maximum Gasteiger partial charge on any atom is 0.193 e. The highest BCUT2D eigenvalue weighted by Gasteiger charge is 2.21. The van der Waals surface area contributed by atoms with Gasteiger partial charge in [-0.25, -0.2) is 4.39 Å². The Bertz CT molecular complexity index is 558. The molecular formula is C20H33FN4O. The van der Waals surface area contributed by atoms with Crippen LogP contribution in [0.5, 0.6) is 0 Å². The first-order chi connectivity index (χ1) is 12.6. The topological polar surface area (TPSA) is 40.1 Å². The summed E-state index contributed by atoms with van der Waals surface area (Å²) in [5.74, 6) is 0.799. The molecule has 0 bridgehead atoms. The third kappa shape index (κ3) is 6.48. The Balaban J connectivity index is 1.80. The third-order valence-electron chi connectivity index (χ3n) is 4.64. The average molecular weight is 365 g/mol. The van der Waals surface area contributed by atoms with Crippen molar-refractivity contribution in [2.45, 2.75) is 39.2 Å². The van der Waals surface area contributed by atoms with Crippen LogP contribution < -0.4 is 10.2 Å². The van der Waals surface area contributed by atoms with E-state index in [2.05, 4.69) is 29.0 Å². The fourth-order valence-electron chi connectivity index (χ4n) is 3.23. The van der Waals surface area contributed by atoms with Gasteiger partial charge in [0.1, 0.15) is 5.82 Å². The molecule has 146 valence electrons. The molecule has 2 rings (SSSR count). The molecule has 0 spiro atoms. The minimum atomic E-state index is -0.197. The van der Waals surface area contributed by atoms with Crippen LogP contribution >= 0.6 is 0 Å². The Morgan fingerprint density at radius 3 is 2.77 bits per heavy atom. The number of rotatable bonds is 8. The van der Waals surface area contributed by atoms with Gasteiger partial charge < -0.3 is 19.9 Å². The number of nitrogens with zero attached hydrogens (tertiary/aromatic N) is 3. The van der Waals surface area contributed by atoms with Gasteiger partial charge in [0.15, 0.2) is 5.96 Å². The van der Waals surface area contributed by atoms with E-state index >= 15 is 0 Å². The quantitative estimate of drug-likeness (QED) is 0.437. The highest BCUT2D eigenvalue weighted by molar-refractivity contribution is 5.80. The van der Waals surface area contributed by atoms with Gasteiger partial charge >= 0.3 is 0 Å². The van der Waals surface area contributed by atoms with Crippen molar-refractivity contribution in [2.75, 3.05) is 51.3 Å². The SMILES string of the molecule is CCNC(=NCCCN(C)c1cccc(F)c1)N1CCC(OCC)CC1. The molecule has 0 atom stereocenters. The maximum absolute atomic E-state index is 13.3. The van der Waals surface area contributed by atoms with Gasteiger partial charge in [-0.05, 0) is 51.3 Å². The van der Waals surface area contributed by atoms with Crippen molar-refractivity contribution in [1.82, 2.24) is 10.2 Å². The second-order valence-electron chi connectivity index (χ2n) is 6.63. The molecule has 0 unspecified atom stereocenters. The number of aliphatic imine (C=N–C) groups is 1. The van der Waals surface area contributed by atoms with Gasteiger partial charge in [0.2, 0.25) is 0 Å². The van der Waals surface area contributed by atoms with E-state index in [1.165, 1.54) is 6.07 Å². The molecule has 0 aromatic heterocycles. The lowest BCUT2D eigenvalue weighted by molar-refractivity contribution is 0.0264. The number of benzene rings is 1. The highest BCUT2D eigenvalue weighted by atomic mass is 19.1. The summed E-state index contributed by atoms with van der Waals surface area (Å²) >= 11 is 0. The molecule has 1 saturated heterocycles. The molecule has 1 aliphatic heterocycles. The first-order valence-electron chi connectivity index (χ1n) is 9.75. The van der Waals surface area contributed by atoms with E-state index in [1.807, 2.05) is 13.1 Å². The lowest BCUT2D eigenvalue weighted by atomic mass is 10.1. The van der Waals surface area contributed by atoms with Gasteiger partial charge in [0.25, 0.3) is 0 Å². The number of anilines is 1. The summed E-state index contributed by atoms with van der Waals surface area (Å²) < 4.78 is 19.0. The molecular weight excluding hydrogens is 331 g/mol. The fraction of sp³-hybridized carbons (Fsp3) is 0.650. The summed E-state index contributed by atoms with van der Waals surface area (Å²) in [5, 5.41) is 3.40. The molecule has 26 heavy (non-hydrogen) atoms. The summed E-state index contributed by atoms with van der Waals surface area (Å²) in [5.41, 5.74) is 0.902. The minimum Gasteiger partial charge on any atom is -0.378 e. The van der Waals surface area contributed by atoms with E-state index in [0.29, 0.717) is 6.10 Å². The molecule has 0 radical (unpaired) electrons. The summed E-state index contributed by atoms with van der Waals surface area (Å²) in [6.45, 7) is 9.38. The maximum atomic E-state index is 13.3. The molecule has 1 N–H and O–H groups in total. The third-order valence-corrected chi connectivity index (χ3v) is 4.64. The Morgan fingerprint density at radius 2 is 2.12 bits per heavy atom. The fourth-order valence-corrected chi connectivity index (χ4v) is 3.23. The standard InChI is InChI=1S/C20H33FN4O/c1-4-22-20(25-14-10-19(11-15-25)26-5-2)23-12-7-13-24(3)18-9-6-8-17(21)16-18/h6,8-9,16,19H,4-5,7,10-15H2,1-3H3,(H,22,23). The molecule has 5 nitrogen and oxygen atoms in total. The van der Waals surface area contributed by atoms with Crippen LogP contribution in [0.15, 0.2) is 29.3 Å². The van der Waals surface area contributed by atoms with Crippen molar-refractivity contribution in [2.24, 2.45) is 4.99 Å². The van der Waals surface area contributed by atoms with E-state index in [-0.39, 0.29) is 5.82 Å². The summed E-state index contributed by atoms with van der Waals surface area (Å²) in [6, 6.07) is 6.71. The second kappa shape index (κ2) is 11.0. The zero-order valence-corrected chi connectivity index (χ0v) is 16.4. The van der Waals surface area contributed by atoms with Crippen LogP contribution in [-0.4, -0.2) is 63.3 Å². The molecule has 0 saturated carbocycles. The van der Waals surface area contributed by atoms with Gasteiger partial charge in [-0.1, -0.05) is 6.07 Å². The number of ether oxygens (including phenoxy) is 1. The first-order valence-corrected chi connectivity index (χ1v) is 9.75. The van der Waals surface area contributed by atoms with E-state index in [4.69, 9.17) is 9.73 Å². The molecule has 0 aliphatic carbocycles. The Labute approximate surface area is 157 Å². The Hall–Kier alpha value is -1.82. The molecule has 1 aliphatic rings. The van der Waals surface area contributed by atoms with Crippen LogP contribution in [-0.2, 0) is 4.74 Å². The van der Waals surface area contributed by atoms with Crippen LogP contribution in [0, 0.1) is 5.82 Å². The van der Waals surface area contributed by atoms with Gasteiger partial charge in [0, 0.05) is 52.1 Å². The lowest BCUT2D eigenvalue weighted by Crippen LogP contribution is -2.47. The number of likely N-dealkylation sites (tertiary alicyclic amines) is 1. The largest absolute Gasteiger partial charge is 0.378 e. The molecule has 1 fully saturated rings. The molecule has 1 aromatic carbocycles. The number of guanidine groups is 1. The highest BCUT2D eigenvalue weighted by Crippen LogP contribution is 2.15. The summed E-state index contributed by atoms with van der Waals surface area (Å²) in [6.07, 6.45) is 3.43. The smallest absolute Gasteiger partial charge is 0.193 e. The molecule has 6 heteroatoms. The number of hydrogen-bond acceptors (Lipinski definition) is 3. The average Bonchev–Trinajstić information content (AvgIpc) is 2.65. The predicted octanol–water partition coefficient (Wildman–Crippen LogP) is 3.12. The number of halogens is 1. The van der Waals surface area contributed by atoms with Crippen molar-refractivity contribution < 1.29 is 9.13 Å². The predicted molar refractivity (Wildman–Crippen MR) is 106 cm³/mol. The molecule has 0 amide bonds. The Kier molecular flexibility index (Phi) is 8.68. The Morgan fingerprint density at radius 1 is 1.35 bits per heavy atom. The van der Waals surface area contributed by atoms with Gasteiger partial charge in [-0.2, -0.15) is 0 Å². The van der Waals surface area contributed by atoms with Crippen LogP contribution in [0.25, 0.3) is 0 Å². The summed E-state index contributed by atoms with van der Waals surface area (Å²) in [4.78, 5) is 9.18. The minimum absolute atomic E-state index is 0.197. The lowest BCUT2D eigenvalue weighted by Gasteiger charge is -2.34. The van der Waals surface area contributed by atoms with Crippen molar-refractivity contribution >= 4 is 11.6 Å². The van der Waals surface area contributed by atoms with Crippen molar-refractivity contribution in [1.29, 1.82) is 0 Å². The molecule has 1 aromatic rings. The normalized spacial score (nSPS) is 16.0. The van der Waals surface area contributed by atoms with Crippen LogP contribution in [0.3, 0.4) is 0 Å². The number of nitrogens with one attached hydrogen (secondary N) is 1. The van der Waals surface area contributed by atoms with Crippen molar-refractivity contribution in [3.05, 3.63) is 30.1 Å². The van der Waals surface area contributed by atoms with Crippen molar-refractivity contribution in [3.63, 3.8) is 0 Å². The van der Waals surface area contributed by atoms with E-state index in [9.17, 15) is 4.39 Å². The molecule has 1 heterocycles. The van der Waals surface area contributed by atoms with Gasteiger partial charge in [-0.3, -0.25) is 4.99 Å². The summed E-state index contributed by atoms with van der Waals surface area (Å²) in [7, 11) is 1.99. The number of hydrogen-bond donors (Lipinski definition) is 1. The van der Waals surface area contributed by atoms with E-state index < -0.39 is 0 Å². The van der Waals surface area contributed by atoms with Gasteiger partial charge in [0.05, 0.1) is 6.10 Å². The van der Waals surface area contributed by atoms with Crippen LogP contribution in [0.1, 0.15) is 33.1 Å². The monoisotopic (exact) mass is 364 g/mol. The van der Waals surface area contributed by atoms with Crippen LogP contribution in [0.4, 0.5) is 10.1 Å². The first kappa shape index (κ1) is 20.5. The van der Waals surface area contributed by atoms with E-state index in [1.54, 1.807) is 12.1 Å².